The molecule has 0 spiro atoms. The van der Waals surface area contributed by atoms with Gasteiger partial charge in [-0.25, -0.2) is 4.98 Å². The Labute approximate surface area is 150 Å². The number of esters is 1. The van der Waals surface area contributed by atoms with E-state index >= 15 is 0 Å². The van der Waals surface area contributed by atoms with Crippen LogP contribution >= 0.6 is 0 Å². The standard InChI is InChI=1S/C20H19N3O3/c1-23-14-11-7-6-10-13(14)21-18(23)15-16(20(25)26-2)19(24)22-17(15)12-8-4-3-5-9-12/h3-11,15-17H,1-2H3,(H,22,24). The highest BCUT2D eigenvalue weighted by atomic mass is 16.5. The van der Waals surface area contributed by atoms with Gasteiger partial charge in [0.25, 0.3) is 0 Å². The lowest BCUT2D eigenvalue weighted by Gasteiger charge is -2.21. The van der Waals surface area contributed by atoms with E-state index in [1.807, 2.05) is 66.2 Å². The molecule has 1 fully saturated rings. The molecule has 6 nitrogen and oxygen atoms in total. The van der Waals surface area contributed by atoms with Gasteiger partial charge in [0.15, 0.2) is 0 Å². The second kappa shape index (κ2) is 6.29. The molecular weight excluding hydrogens is 330 g/mol. The van der Waals surface area contributed by atoms with E-state index in [0.717, 1.165) is 16.6 Å². The van der Waals surface area contributed by atoms with Crippen LogP contribution in [0.1, 0.15) is 23.3 Å². The minimum absolute atomic E-state index is 0.331. The maximum absolute atomic E-state index is 12.6. The summed E-state index contributed by atoms with van der Waals surface area (Å²) >= 11 is 0. The van der Waals surface area contributed by atoms with E-state index in [1.54, 1.807) is 0 Å². The molecule has 2 heterocycles. The first kappa shape index (κ1) is 16.3. The topological polar surface area (TPSA) is 73.2 Å². The molecule has 0 saturated carbocycles. The number of imidazole rings is 1. The number of carbonyl (C=O) groups excluding carboxylic acids is 2. The lowest BCUT2D eigenvalue weighted by Crippen LogP contribution is -2.28. The molecule has 4 rings (SSSR count). The minimum Gasteiger partial charge on any atom is -0.468 e. The number of benzene rings is 2. The zero-order valence-corrected chi connectivity index (χ0v) is 14.5. The number of hydrogen-bond acceptors (Lipinski definition) is 4. The van der Waals surface area contributed by atoms with Gasteiger partial charge in [-0.1, -0.05) is 42.5 Å². The Balaban J connectivity index is 1.89. The molecule has 3 atom stereocenters. The van der Waals surface area contributed by atoms with Crippen LogP contribution in [0.5, 0.6) is 0 Å². The molecule has 0 radical (unpaired) electrons. The highest BCUT2D eigenvalue weighted by molar-refractivity contribution is 6.01. The molecular formula is C20H19N3O3. The Morgan fingerprint density at radius 1 is 1.12 bits per heavy atom. The molecule has 2 aromatic carbocycles. The van der Waals surface area contributed by atoms with Crippen LogP contribution < -0.4 is 5.32 Å². The summed E-state index contributed by atoms with van der Waals surface area (Å²) in [6.07, 6.45) is 0. The fraction of sp³-hybridized carbons (Fsp3) is 0.250. The lowest BCUT2D eigenvalue weighted by atomic mass is 9.86. The largest absolute Gasteiger partial charge is 0.468 e. The summed E-state index contributed by atoms with van der Waals surface area (Å²) in [5.41, 5.74) is 2.72. The molecule has 6 heteroatoms. The second-order valence-corrected chi connectivity index (χ2v) is 6.44. The summed E-state index contributed by atoms with van der Waals surface area (Å²) in [7, 11) is 3.21. The molecule has 132 valence electrons. The number of para-hydroxylation sites is 2. The molecule has 1 saturated heterocycles. The van der Waals surface area contributed by atoms with Crippen LogP contribution in [0.3, 0.4) is 0 Å². The predicted octanol–water partition coefficient (Wildman–Crippen LogP) is 2.32. The van der Waals surface area contributed by atoms with Gasteiger partial charge >= 0.3 is 5.97 Å². The van der Waals surface area contributed by atoms with E-state index in [1.165, 1.54) is 7.11 Å². The average Bonchev–Trinajstić information content (AvgIpc) is 3.19. The van der Waals surface area contributed by atoms with E-state index in [-0.39, 0.29) is 11.9 Å². The van der Waals surface area contributed by atoms with Gasteiger partial charge in [-0.2, -0.15) is 0 Å². The summed E-state index contributed by atoms with van der Waals surface area (Å²) < 4.78 is 6.87. The van der Waals surface area contributed by atoms with Crippen LogP contribution in [0, 0.1) is 5.92 Å². The van der Waals surface area contributed by atoms with Crippen LogP contribution in [0.2, 0.25) is 0 Å². The maximum atomic E-state index is 12.6. The predicted molar refractivity (Wildman–Crippen MR) is 96.3 cm³/mol. The molecule has 3 aromatic rings. The van der Waals surface area contributed by atoms with E-state index < -0.39 is 17.8 Å². The van der Waals surface area contributed by atoms with Crippen molar-refractivity contribution >= 4 is 22.9 Å². The number of nitrogens with zero attached hydrogens (tertiary/aromatic N) is 2. The van der Waals surface area contributed by atoms with Gasteiger partial charge in [0.1, 0.15) is 11.7 Å². The monoisotopic (exact) mass is 349 g/mol. The van der Waals surface area contributed by atoms with Crippen molar-refractivity contribution in [3.05, 3.63) is 66.0 Å². The summed E-state index contributed by atoms with van der Waals surface area (Å²) in [4.78, 5) is 29.7. The van der Waals surface area contributed by atoms with Crippen molar-refractivity contribution < 1.29 is 14.3 Å². The Hall–Kier alpha value is -3.15. The second-order valence-electron chi connectivity index (χ2n) is 6.44. The Morgan fingerprint density at radius 3 is 2.50 bits per heavy atom. The first-order valence-corrected chi connectivity index (χ1v) is 8.46. The fourth-order valence-electron chi connectivity index (χ4n) is 3.78. The van der Waals surface area contributed by atoms with E-state index in [4.69, 9.17) is 9.72 Å². The third-order valence-corrected chi connectivity index (χ3v) is 5.03. The van der Waals surface area contributed by atoms with Gasteiger partial charge in [0.05, 0.1) is 30.1 Å². The van der Waals surface area contributed by atoms with Crippen molar-refractivity contribution in [3.8, 4) is 0 Å². The Kier molecular flexibility index (Phi) is 3.95. The van der Waals surface area contributed by atoms with E-state index in [2.05, 4.69) is 5.32 Å². The SMILES string of the molecule is COC(=O)C1C(=O)NC(c2ccccc2)C1c1nc2ccccc2n1C. The van der Waals surface area contributed by atoms with Gasteiger partial charge < -0.3 is 14.6 Å². The molecule has 1 aliphatic rings. The molecule has 26 heavy (non-hydrogen) atoms. The third-order valence-electron chi connectivity index (χ3n) is 5.03. The number of aryl methyl sites for hydroxylation is 1. The number of hydrogen-bond donors (Lipinski definition) is 1. The summed E-state index contributed by atoms with van der Waals surface area (Å²) in [5, 5.41) is 2.96. The normalized spacial score (nSPS) is 22.4. The van der Waals surface area contributed by atoms with Gasteiger partial charge in [0.2, 0.25) is 5.91 Å². The first-order valence-electron chi connectivity index (χ1n) is 8.46. The van der Waals surface area contributed by atoms with Crippen LogP contribution in [0.25, 0.3) is 11.0 Å². The number of ether oxygens (including phenoxy) is 1. The number of nitrogens with one attached hydrogen (secondary N) is 1. The molecule has 0 aliphatic carbocycles. The Morgan fingerprint density at radius 2 is 1.81 bits per heavy atom. The summed E-state index contributed by atoms with van der Waals surface area (Å²) in [6.45, 7) is 0. The van der Waals surface area contributed by atoms with Crippen LogP contribution in [0.15, 0.2) is 54.6 Å². The minimum atomic E-state index is -0.930. The number of carbonyl (C=O) groups is 2. The number of methoxy groups -OCH3 is 1. The molecule has 0 bridgehead atoms. The van der Waals surface area contributed by atoms with Gasteiger partial charge in [0, 0.05) is 7.05 Å². The highest BCUT2D eigenvalue weighted by Crippen LogP contribution is 2.42. The molecule has 1 aliphatic heterocycles. The average molecular weight is 349 g/mol. The first-order chi connectivity index (χ1) is 12.6. The van der Waals surface area contributed by atoms with Crippen LogP contribution in [-0.2, 0) is 21.4 Å². The fourth-order valence-corrected chi connectivity index (χ4v) is 3.78. The molecule has 1 amide bonds. The van der Waals surface area contributed by atoms with E-state index in [0.29, 0.717) is 5.82 Å². The van der Waals surface area contributed by atoms with Gasteiger partial charge in [-0.3, -0.25) is 9.59 Å². The number of amides is 1. The van der Waals surface area contributed by atoms with Gasteiger partial charge in [-0.05, 0) is 17.7 Å². The molecule has 3 unspecified atom stereocenters. The van der Waals surface area contributed by atoms with Crippen LogP contribution in [0.4, 0.5) is 0 Å². The number of fused-ring (bicyclic) bond motifs is 1. The van der Waals surface area contributed by atoms with E-state index in [9.17, 15) is 9.59 Å². The third kappa shape index (κ3) is 2.45. The van der Waals surface area contributed by atoms with Crippen molar-refractivity contribution in [3.63, 3.8) is 0 Å². The summed E-state index contributed by atoms with van der Waals surface area (Å²) in [5.74, 6) is -1.56. The van der Waals surface area contributed by atoms with Crippen LogP contribution in [-0.4, -0.2) is 28.5 Å². The van der Waals surface area contributed by atoms with Crippen molar-refractivity contribution in [2.75, 3.05) is 7.11 Å². The molecule has 1 aromatic heterocycles. The van der Waals surface area contributed by atoms with Crippen molar-refractivity contribution in [1.82, 2.24) is 14.9 Å². The maximum Gasteiger partial charge on any atom is 0.319 e. The van der Waals surface area contributed by atoms with Gasteiger partial charge in [-0.15, -0.1) is 0 Å². The van der Waals surface area contributed by atoms with Crippen molar-refractivity contribution in [2.45, 2.75) is 12.0 Å². The van der Waals surface area contributed by atoms with Crippen molar-refractivity contribution in [1.29, 1.82) is 0 Å². The summed E-state index contributed by atoms with van der Waals surface area (Å²) in [6, 6.07) is 17.1. The molecule has 1 N–H and O–H groups in total. The van der Waals surface area contributed by atoms with Crippen molar-refractivity contribution in [2.24, 2.45) is 13.0 Å². The smallest absolute Gasteiger partial charge is 0.319 e. The lowest BCUT2D eigenvalue weighted by molar-refractivity contribution is -0.149. The zero-order valence-electron chi connectivity index (χ0n) is 14.5. The Bertz CT molecular complexity index is 980. The quantitative estimate of drug-likeness (QED) is 0.582. The zero-order chi connectivity index (χ0) is 18.3. The highest BCUT2D eigenvalue weighted by Gasteiger charge is 2.50. The number of rotatable bonds is 3. The number of aromatic nitrogens is 2.